The summed E-state index contributed by atoms with van der Waals surface area (Å²) in [6, 6.07) is 8.47. The molecule has 0 aliphatic carbocycles. The first kappa shape index (κ1) is 13.8. The van der Waals surface area contributed by atoms with Gasteiger partial charge in [0.25, 0.3) is 0 Å². The molecule has 3 rings (SSSR count). The predicted octanol–water partition coefficient (Wildman–Crippen LogP) is 2.77. The molecule has 0 bridgehead atoms. The van der Waals surface area contributed by atoms with Crippen LogP contribution in [0.5, 0.6) is 0 Å². The van der Waals surface area contributed by atoms with E-state index in [1.807, 2.05) is 11.6 Å². The number of anilines is 4. The number of nitrogen functional groups attached to an aromatic ring is 1. The average molecular weight is 285 g/mol. The lowest BCUT2D eigenvalue weighted by atomic mass is 10.1. The van der Waals surface area contributed by atoms with Gasteiger partial charge < -0.3 is 15.5 Å². The molecule has 0 atom stereocenters. The normalized spacial score (nSPS) is 14.4. The molecule has 0 saturated carbocycles. The van der Waals surface area contributed by atoms with E-state index in [1.165, 1.54) is 11.4 Å². The Morgan fingerprint density at radius 1 is 1.19 bits per heavy atom. The van der Waals surface area contributed by atoms with Gasteiger partial charge in [0.1, 0.15) is 0 Å². The lowest BCUT2D eigenvalue weighted by Crippen LogP contribution is -2.37. The van der Waals surface area contributed by atoms with Gasteiger partial charge in [0, 0.05) is 26.7 Å². The van der Waals surface area contributed by atoms with Crippen molar-refractivity contribution in [2.24, 2.45) is 0 Å². The molecule has 0 fully saturated rings. The van der Waals surface area contributed by atoms with Crippen LogP contribution in [0.2, 0.25) is 0 Å². The standard InChI is InChI=1S/C16H23N5/c1-4-9-21-16(15(17)12(2)18-21)20-11-10-19(3)13-7-5-6-8-14(13)20/h5-8H,4,9-11,17H2,1-3H3. The number of hydrogen-bond acceptors (Lipinski definition) is 4. The summed E-state index contributed by atoms with van der Waals surface area (Å²) in [5.41, 5.74) is 10.5. The van der Waals surface area contributed by atoms with Crippen LogP contribution in [0, 0.1) is 6.92 Å². The zero-order valence-corrected chi connectivity index (χ0v) is 13.0. The zero-order valence-electron chi connectivity index (χ0n) is 13.0. The van der Waals surface area contributed by atoms with Crippen LogP contribution in [0.3, 0.4) is 0 Å². The van der Waals surface area contributed by atoms with Crippen molar-refractivity contribution in [3.8, 4) is 0 Å². The number of nitrogens with zero attached hydrogens (tertiary/aromatic N) is 4. The Morgan fingerprint density at radius 2 is 1.90 bits per heavy atom. The number of fused-ring (bicyclic) bond motifs is 1. The molecule has 0 amide bonds. The first-order valence-electron chi connectivity index (χ1n) is 7.54. The second-order valence-electron chi connectivity index (χ2n) is 5.61. The molecular formula is C16H23N5. The number of rotatable bonds is 3. The van der Waals surface area contributed by atoms with E-state index < -0.39 is 0 Å². The SMILES string of the molecule is CCCn1nc(C)c(N)c1N1CCN(C)c2ccccc21. The van der Waals surface area contributed by atoms with Crippen LogP contribution < -0.4 is 15.5 Å². The van der Waals surface area contributed by atoms with Gasteiger partial charge in [-0.2, -0.15) is 5.10 Å². The van der Waals surface area contributed by atoms with E-state index >= 15 is 0 Å². The molecule has 2 N–H and O–H groups in total. The molecule has 0 unspecified atom stereocenters. The van der Waals surface area contributed by atoms with Crippen molar-refractivity contribution in [1.82, 2.24) is 9.78 Å². The minimum absolute atomic E-state index is 0.794. The van der Waals surface area contributed by atoms with Crippen LogP contribution in [0.1, 0.15) is 19.0 Å². The second kappa shape index (κ2) is 5.31. The Labute approximate surface area is 126 Å². The number of nitrogens with two attached hydrogens (primary N) is 1. The third-order valence-electron chi connectivity index (χ3n) is 4.08. The minimum atomic E-state index is 0.794. The summed E-state index contributed by atoms with van der Waals surface area (Å²) >= 11 is 0. The smallest absolute Gasteiger partial charge is 0.155 e. The van der Waals surface area contributed by atoms with Gasteiger partial charge >= 0.3 is 0 Å². The lowest BCUT2D eigenvalue weighted by Gasteiger charge is -2.37. The third kappa shape index (κ3) is 2.22. The second-order valence-corrected chi connectivity index (χ2v) is 5.61. The van der Waals surface area contributed by atoms with E-state index in [1.54, 1.807) is 0 Å². The molecule has 112 valence electrons. The quantitative estimate of drug-likeness (QED) is 0.942. The fourth-order valence-electron chi connectivity index (χ4n) is 2.96. The highest BCUT2D eigenvalue weighted by atomic mass is 15.4. The minimum Gasteiger partial charge on any atom is -0.394 e. The predicted molar refractivity (Wildman–Crippen MR) is 88.4 cm³/mol. The lowest BCUT2D eigenvalue weighted by molar-refractivity contribution is 0.593. The molecule has 0 saturated heterocycles. The molecule has 21 heavy (non-hydrogen) atoms. The highest BCUT2D eigenvalue weighted by Crippen LogP contribution is 2.39. The van der Waals surface area contributed by atoms with Gasteiger partial charge in [-0.25, -0.2) is 4.68 Å². The zero-order chi connectivity index (χ0) is 15.0. The van der Waals surface area contributed by atoms with Crippen molar-refractivity contribution < 1.29 is 0 Å². The molecule has 0 radical (unpaired) electrons. The summed E-state index contributed by atoms with van der Waals surface area (Å²) in [7, 11) is 2.13. The topological polar surface area (TPSA) is 50.3 Å². The van der Waals surface area contributed by atoms with Gasteiger partial charge in [-0.1, -0.05) is 19.1 Å². The fourth-order valence-corrected chi connectivity index (χ4v) is 2.96. The van der Waals surface area contributed by atoms with Gasteiger partial charge in [0.05, 0.1) is 22.8 Å². The molecule has 1 aliphatic rings. The van der Waals surface area contributed by atoms with E-state index in [0.717, 1.165) is 43.3 Å². The van der Waals surface area contributed by atoms with Crippen LogP contribution in [0.25, 0.3) is 0 Å². The van der Waals surface area contributed by atoms with Crippen molar-refractivity contribution in [2.75, 3.05) is 35.7 Å². The molecule has 1 aliphatic heterocycles. The maximum absolute atomic E-state index is 6.32. The van der Waals surface area contributed by atoms with Gasteiger partial charge in [-0.3, -0.25) is 0 Å². The van der Waals surface area contributed by atoms with Crippen LogP contribution in [0.4, 0.5) is 22.9 Å². The number of likely N-dealkylation sites (N-methyl/N-ethyl adjacent to an activating group) is 1. The Balaban J connectivity index is 2.12. The molecule has 2 aromatic rings. The summed E-state index contributed by atoms with van der Waals surface area (Å²) in [5, 5.41) is 4.60. The van der Waals surface area contributed by atoms with Crippen LogP contribution >= 0.6 is 0 Å². The molecule has 5 nitrogen and oxygen atoms in total. The number of aromatic nitrogens is 2. The van der Waals surface area contributed by atoms with Crippen LogP contribution in [-0.2, 0) is 6.54 Å². The number of benzene rings is 1. The van der Waals surface area contributed by atoms with Crippen molar-refractivity contribution in [3.05, 3.63) is 30.0 Å². The molecule has 1 aromatic heterocycles. The fraction of sp³-hybridized carbons (Fsp3) is 0.438. The van der Waals surface area contributed by atoms with E-state index in [-0.39, 0.29) is 0 Å². The van der Waals surface area contributed by atoms with Crippen LogP contribution in [0.15, 0.2) is 24.3 Å². The van der Waals surface area contributed by atoms with E-state index in [0.29, 0.717) is 0 Å². The van der Waals surface area contributed by atoms with Gasteiger partial charge in [0.2, 0.25) is 0 Å². The summed E-state index contributed by atoms with van der Waals surface area (Å²) < 4.78 is 2.05. The largest absolute Gasteiger partial charge is 0.394 e. The Morgan fingerprint density at radius 3 is 2.62 bits per heavy atom. The molecule has 2 heterocycles. The Hall–Kier alpha value is -2.17. The van der Waals surface area contributed by atoms with Gasteiger partial charge in [0.15, 0.2) is 5.82 Å². The van der Waals surface area contributed by atoms with E-state index in [4.69, 9.17) is 5.73 Å². The molecule has 5 heteroatoms. The number of para-hydroxylation sites is 2. The molecule has 0 spiro atoms. The summed E-state index contributed by atoms with van der Waals surface area (Å²) in [6.45, 7) is 6.93. The highest BCUT2D eigenvalue weighted by Gasteiger charge is 2.26. The summed E-state index contributed by atoms with van der Waals surface area (Å²) in [6.07, 6.45) is 1.04. The van der Waals surface area contributed by atoms with E-state index in [2.05, 4.69) is 53.1 Å². The van der Waals surface area contributed by atoms with Gasteiger partial charge in [-0.05, 0) is 25.5 Å². The Kier molecular flexibility index (Phi) is 3.49. The van der Waals surface area contributed by atoms with Crippen molar-refractivity contribution in [3.63, 3.8) is 0 Å². The average Bonchev–Trinajstić information content (AvgIpc) is 2.76. The first-order valence-corrected chi connectivity index (χ1v) is 7.54. The number of hydrogen-bond donors (Lipinski definition) is 1. The van der Waals surface area contributed by atoms with Crippen molar-refractivity contribution in [2.45, 2.75) is 26.8 Å². The highest BCUT2D eigenvalue weighted by molar-refractivity contribution is 5.82. The summed E-state index contributed by atoms with van der Waals surface area (Å²) in [5.74, 6) is 1.04. The molecule has 1 aromatic carbocycles. The Bertz CT molecular complexity index is 646. The van der Waals surface area contributed by atoms with Crippen molar-refractivity contribution >= 4 is 22.9 Å². The van der Waals surface area contributed by atoms with Gasteiger partial charge in [-0.15, -0.1) is 0 Å². The summed E-state index contributed by atoms with van der Waals surface area (Å²) in [4.78, 5) is 4.59. The third-order valence-corrected chi connectivity index (χ3v) is 4.08. The monoisotopic (exact) mass is 285 g/mol. The molecular weight excluding hydrogens is 262 g/mol. The first-order chi connectivity index (χ1) is 10.1. The maximum atomic E-state index is 6.32. The van der Waals surface area contributed by atoms with E-state index in [9.17, 15) is 0 Å². The van der Waals surface area contributed by atoms with Crippen LogP contribution in [-0.4, -0.2) is 29.9 Å². The maximum Gasteiger partial charge on any atom is 0.155 e. The number of aryl methyl sites for hydroxylation is 2. The van der Waals surface area contributed by atoms with Crippen molar-refractivity contribution in [1.29, 1.82) is 0 Å².